The van der Waals surface area contributed by atoms with Gasteiger partial charge in [0.2, 0.25) is 11.8 Å². The maximum atomic E-state index is 12.6. The molecule has 0 spiro atoms. The number of carbonyl (C=O) groups excluding carboxylic acids is 1. The Labute approximate surface area is 162 Å². The third-order valence-corrected chi connectivity index (χ3v) is 5.59. The lowest BCUT2D eigenvalue weighted by Crippen LogP contribution is -2.37. The molecule has 3 rings (SSSR count). The second-order valence-corrected chi connectivity index (χ2v) is 9.93. The largest absolute Gasteiger partial charge is 0.338 e. The maximum Gasteiger partial charge on any atom is 0.254 e. The van der Waals surface area contributed by atoms with Gasteiger partial charge in [0.15, 0.2) is 5.16 Å². The van der Waals surface area contributed by atoms with E-state index < -0.39 is 0 Å². The zero-order valence-corrected chi connectivity index (χ0v) is 17.4. The van der Waals surface area contributed by atoms with Gasteiger partial charge in [-0.05, 0) is 0 Å². The number of nitrogens with zero attached hydrogens (tertiary/aromatic N) is 3. The smallest absolute Gasteiger partial charge is 0.254 e. The minimum Gasteiger partial charge on any atom is -0.338 e. The SMILES string of the molecule is CC(C)(C)c1cc(NC(=O)C2CSc3nc(C(C)(C)C)cc(=O)n3C2)on1. The predicted octanol–water partition coefficient (Wildman–Crippen LogP) is 3.19. The monoisotopic (exact) mass is 390 g/mol. The van der Waals surface area contributed by atoms with Crippen molar-refractivity contribution in [2.45, 2.75) is 64.1 Å². The van der Waals surface area contributed by atoms with Crippen LogP contribution in [0.1, 0.15) is 52.9 Å². The van der Waals surface area contributed by atoms with Gasteiger partial charge in [-0.15, -0.1) is 0 Å². The number of aromatic nitrogens is 3. The van der Waals surface area contributed by atoms with Crippen LogP contribution in [0.25, 0.3) is 0 Å². The third kappa shape index (κ3) is 4.26. The number of nitrogens with one attached hydrogen (secondary N) is 1. The zero-order chi connectivity index (χ0) is 20.0. The number of rotatable bonds is 2. The summed E-state index contributed by atoms with van der Waals surface area (Å²) in [7, 11) is 0. The van der Waals surface area contributed by atoms with Gasteiger partial charge in [0.1, 0.15) is 0 Å². The van der Waals surface area contributed by atoms with Crippen molar-refractivity contribution in [2.24, 2.45) is 5.92 Å². The Kier molecular flexibility index (Phi) is 4.96. The highest BCUT2D eigenvalue weighted by Crippen LogP contribution is 2.29. The van der Waals surface area contributed by atoms with Crippen LogP contribution in [0.3, 0.4) is 0 Å². The number of hydrogen-bond donors (Lipinski definition) is 1. The Morgan fingerprint density at radius 3 is 2.44 bits per heavy atom. The normalized spacial score (nSPS) is 17.5. The van der Waals surface area contributed by atoms with Crippen molar-refractivity contribution in [2.75, 3.05) is 11.1 Å². The first kappa shape index (κ1) is 19.7. The van der Waals surface area contributed by atoms with E-state index in [9.17, 15) is 9.59 Å². The maximum absolute atomic E-state index is 12.6. The molecule has 0 aliphatic carbocycles. The topological polar surface area (TPSA) is 90.0 Å². The van der Waals surface area contributed by atoms with Crippen LogP contribution in [0.5, 0.6) is 0 Å². The van der Waals surface area contributed by atoms with E-state index in [2.05, 4.69) is 15.5 Å². The molecule has 2 aromatic rings. The fourth-order valence-corrected chi connectivity index (χ4v) is 3.76. The van der Waals surface area contributed by atoms with Crippen LogP contribution in [0.15, 0.2) is 26.6 Å². The first-order valence-corrected chi connectivity index (χ1v) is 9.97. The molecule has 1 N–H and O–H groups in total. The van der Waals surface area contributed by atoms with E-state index in [1.54, 1.807) is 16.7 Å². The fourth-order valence-electron chi connectivity index (χ4n) is 2.67. The van der Waals surface area contributed by atoms with E-state index in [-0.39, 0.29) is 28.2 Å². The van der Waals surface area contributed by atoms with E-state index in [1.807, 2.05) is 41.5 Å². The second kappa shape index (κ2) is 6.82. The summed E-state index contributed by atoms with van der Waals surface area (Å²) < 4.78 is 6.81. The number of amides is 1. The molecule has 7 nitrogen and oxygen atoms in total. The molecule has 0 radical (unpaired) electrons. The lowest BCUT2D eigenvalue weighted by Gasteiger charge is -2.26. The minimum atomic E-state index is -0.342. The molecule has 1 unspecified atom stereocenters. The van der Waals surface area contributed by atoms with E-state index in [1.165, 1.54) is 11.8 Å². The van der Waals surface area contributed by atoms with Crippen LogP contribution in [-0.2, 0) is 22.2 Å². The van der Waals surface area contributed by atoms with Crippen molar-refractivity contribution in [1.29, 1.82) is 0 Å². The van der Waals surface area contributed by atoms with Crippen molar-refractivity contribution in [3.05, 3.63) is 33.9 Å². The van der Waals surface area contributed by atoms with Crippen LogP contribution in [0.4, 0.5) is 5.88 Å². The molecular weight excluding hydrogens is 364 g/mol. The van der Waals surface area contributed by atoms with E-state index in [0.717, 1.165) is 11.4 Å². The van der Waals surface area contributed by atoms with Crippen LogP contribution >= 0.6 is 11.8 Å². The molecule has 0 bridgehead atoms. The number of thioether (sulfide) groups is 1. The van der Waals surface area contributed by atoms with Crippen molar-refractivity contribution in [3.8, 4) is 0 Å². The van der Waals surface area contributed by atoms with Crippen molar-refractivity contribution in [1.82, 2.24) is 14.7 Å². The molecule has 1 aliphatic heterocycles. The van der Waals surface area contributed by atoms with Crippen LogP contribution in [-0.4, -0.2) is 26.4 Å². The highest BCUT2D eigenvalue weighted by Gasteiger charge is 2.29. The number of carbonyl (C=O) groups is 1. The molecule has 0 saturated carbocycles. The molecule has 1 amide bonds. The van der Waals surface area contributed by atoms with Gasteiger partial charge in [-0.3, -0.25) is 19.5 Å². The lowest BCUT2D eigenvalue weighted by atomic mass is 9.92. The van der Waals surface area contributed by atoms with Gasteiger partial charge < -0.3 is 4.52 Å². The summed E-state index contributed by atoms with van der Waals surface area (Å²) in [6, 6.07) is 3.31. The molecule has 1 aliphatic rings. The van der Waals surface area contributed by atoms with Gasteiger partial charge in [-0.25, -0.2) is 4.98 Å². The number of anilines is 1. The van der Waals surface area contributed by atoms with Gasteiger partial charge in [0, 0.05) is 35.3 Å². The van der Waals surface area contributed by atoms with Crippen LogP contribution < -0.4 is 10.9 Å². The van der Waals surface area contributed by atoms with Gasteiger partial charge in [-0.2, -0.15) is 0 Å². The van der Waals surface area contributed by atoms with E-state index in [0.29, 0.717) is 23.3 Å². The molecule has 0 aromatic carbocycles. The Morgan fingerprint density at radius 2 is 1.85 bits per heavy atom. The highest BCUT2D eigenvalue weighted by atomic mass is 32.2. The summed E-state index contributed by atoms with van der Waals surface area (Å²) >= 11 is 1.43. The van der Waals surface area contributed by atoms with Crippen molar-refractivity contribution < 1.29 is 9.32 Å². The predicted molar refractivity (Wildman–Crippen MR) is 105 cm³/mol. The molecule has 0 fully saturated rings. The lowest BCUT2D eigenvalue weighted by molar-refractivity contribution is -0.119. The van der Waals surface area contributed by atoms with Gasteiger partial charge in [0.05, 0.1) is 17.3 Å². The summed E-state index contributed by atoms with van der Waals surface area (Å²) in [5.74, 6) is 0.364. The summed E-state index contributed by atoms with van der Waals surface area (Å²) in [5, 5.41) is 7.45. The summed E-state index contributed by atoms with van der Waals surface area (Å²) in [4.78, 5) is 29.8. The second-order valence-electron chi connectivity index (χ2n) is 8.95. The number of hydrogen-bond acceptors (Lipinski definition) is 6. The molecule has 8 heteroatoms. The molecule has 0 saturated heterocycles. The summed E-state index contributed by atoms with van der Waals surface area (Å²) in [6.45, 7) is 12.5. The summed E-state index contributed by atoms with van der Waals surface area (Å²) in [5.41, 5.74) is 1.07. The average Bonchev–Trinajstić information content (AvgIpc) is 3.02. The quantitative estimate of drug-likeness (QED) is 0.792. The van der Waals surface area contributed by atoms with E-state index in [4.69, 9.17) is 4.52 Å². The van der Waals surface area contributed by atoms with E-state index >= 15 is 0 Å². The molecule has 146 valence electrons. The van der Waals surface area contributed by atoms with Crippen LogP contribution in [0, 0.1) is 5.92 Å². The summed E-state index contributed by atoms with van der Waals surface area (Å²) in [6.07, 6.45) is 0. The Balaban J connectivity index is 1.75. The van der Waals surface area contributed by atoms with Crippen LogP contribution in [0.2, 0.25) is 0 Å². The van der Waals surface area contributed by atoms with Crippen molar-refractivity contribution in [3.63, 3.8) is 0 Å². The van der Waals surface area contributed by atoms with Gasteiger partial charge in [0.25, 0.3) is 5.56 Å². The van der Waals surface area contributed by atoms with Gasteiger partial charge in [-0.1, -0.05) is 58.5 Å². The Hall–Kier alpha value is -2.09. The standard InChI is InChI=1S/C19H26N4O3S/c1-18(2,3)12-8-15(24)23-9-11(10-27-17(23)20-12)16(25)21-14-7-13(22-26-14)19(4,5)6/h7-8,11H,9-10H2,1-6H3,(H,21,25). The molecular formula is C19H26N4O3S. The van der Waals surface area contributed by atoms with Gasteiger partial charge >= 0.3 is 0 Å². The first-order valence-electron chi connectivity index (χ1n) is 8.98. The minimum absolute atomic E-state index is 0.121. The first-order chi connectivity index (χ1) is 12.4. The highest BCUT2D eigenvalue weighted by molar-refractivity contribution is 7.99. The fraction of sp³-hybridized carbons (Fsp3) is 0.579. The molecule has 3 heterocycles. The average molecular weight is 391 g/mol. The third-order valence-electron chi connectivity index (χ3n) is 4.45. The molecule has 1 atom stereocenters. The van der Waals surface area contributed by atoms with Crippen molar-refractivity contribution >= 4 is 23.6 Å². The Bertz CT molecular complexity index is 918. The molecule has 27 heavy (non-hydrogen) atoms. The Morgan fingerprint density at radius 1 is 1.19 bits per heavy atom. The zero-order valence-electron chi connectivity index (χ0n) is 16.6. The molecule has 2 aromatic heterocycles. The number of fused-ring (bicyclic) bond motifs is 1.